The Morgan fingerprint density at radius 2 is 1.96 bits per heavy atom. The number of rotatable bonds is 7. The van der Waals surface area contributed by atoms with E-state index in [0.29, 0.717) is 0 Å². The second kappa shape index (κ2) is 11.3. The number of aliphatic imine (C=N–C) groups is 1. The lowest BCUT2D eigenvalue weighted by Crippen LogP contribution is -2.37. The van der Waals surface area contributed by atoms with Gasteiger partial charge in [-0.1, -0.05) is 38.1 Å². The van der Waals surface area contributed by atoms with Gasteiger partial charge < -0.3 is 15.5 Å². The third-order valence-electron chi connectivity index (χ3n) is 4.03. The van der Waals surface area contributed by atoms with E-state index in [1.54, 1.807) is 0 Å². The summed E-state index contributed by atoms with van der Waals surface area (Å²) in [5.74, 6) is 1.64. The molecule has 0 bridgehead atoms. The first-order chi connectivity index (χ1) is 11.2. The Bertz CT molecular complexity index is 532. The number of guanidine groups is 1. The molecule has 4 nitrogen and oxygen atoms in total. The average molecular weight is 442 g/mol. The third-order valence-corrected chi connectivity index (χ3v) is 4.03. The highest BCUT2D eigenvalue weighted by Crippen LogP contribution is 2.18. The van der Waals surface area contributed by atoms with Crippen molar-refractivity contribution in [3.05, 3.63) is 42.0 Å². The lowest BCUT2D eigenvalue weighted by atomic mass is 10.1. The molecule has 0 saturated carbocycles. The van der Waals surface area contributed by atoms with Crippen molar-refractivity contribution >= 4 is 35.6 Å². The second-order valence-corrected chi connectivity index (χ2v) is 6.43. The molecule has 1 aromatic rings. The molecule has 0 aliphatic carbocycles. The molecule has 134 valence electrons. The molecule has 0 atom stereocenters. The Kier molecular flexibility index (Phi) is 9.83. The first-order valence-corrected chi connectivity index (χ1v) is 8.62. The van der Waals surface area contributed by atoms with Crippen molar-refractivity contribution in [2.45, 2.75) is 33.2 Å². The van der Waals surface area contributed by atoms with Gasteiger partial charge in [0.25, 0.3) is 0 Å². The summed E-state index contributed by atoms with van der Waals surface area (Å²) in [6.07, 6.45) is 6.85. The van der Waals surface area contributed by atoms with Gasteiger partial charge in [0.05, 0.1) is 0 Å². The molecule has 2 N–H and O–H groups in total. The largest absolute Gasteiger partial charge is 0.364 e. The van der Waals surface area contributed by atoms with Crippen LogP contribution < -0.4 is 15.5 Å². The van der Waals surface area contributed by atoms with Crippen LogP contribution in [0.1, 0.15) is 32.3 Å². The van der Waals surface area contributed by atoms with E-state index in [4.69, 9.17) is 0 Å². The number of hydrogen-bond donors (Lipinski definition) is 2. The van der Waals surface area contributed by atoms with Crippen molar-refractivity contribution in [3.63, 3.8) is 0 Å². The number of nitrogens with zero attached hydrogens (tertiary/aromatic N) is 2. The molecule has 1 aromatic carbocycles. The zero-order chi connectivity index (χ0) is 16.5. The quantitative estimate of drug-likeness (QED) is 0.222. The normalized spacial score (nSPS) is 14.0. The van der Waals surface area contributed by atoms with Gasteiger partial charge in [0.1, 0.15) is 0 Å². The summed E-state index contributed by atoms with van der Waals surface area (Å²) in [5, 5.41) is 6.78. The topological polar surface area (TPSA) is 39.7 Å². The molecule has 24 heavy (non-hydrogen) atoms. The molecule has 0 unspecified atom stereocenters. The Balaban J connectivity index is 0.00000288. The van der Waals surface area contributed by atoms with Gasteiger partial charge in [-0.15, -0.1) is 24.0 Å². The van der Waals surface area contributed by atoms with Crippen LogP contribution in [-0.4, -0.2) is 32.6 Å². The number of halogens is 1. The van der Waals surface area contributed by atoms with Crippen LogP contribution in [0.3, 0.4) is 0 Å². The lowest BCUT2D eigenvalue weighted by Gasteiger charge is -2.19. The summed E-state index contributed by atoms with van der Waals surface area (Å²) in [5.41, 5.74) is 2.56. The molecule has 0 saturated heterocycles. The molecule has 1 aliphatic rings. The van der Waals surface area contributed by atoms with Crippen LogP contribution in [0.25, 0.3) is 0 Å². The maximum atomic E-state index is 4.29. The third kappa shape index (κ3) is 7.11. The zero-order valence-corrected chi connectivity index (χ0v) is 17.4. The molecule has 0 spiro atoms. The fourth-order valence-electron chi connectivity index (χ4n) is 2.68. The molecule has 0 fully saturated rings. The Morgan fingerprint density at radius 3 is 2.62 bits per heavy atom. The summed E-state index contributed by atoms with van der Waals surface area (Å²) in [6, 6.07) is 8.72. The van der Waals surface area contributed by atoms with E-state index in [-0.39, 0.29) is 24.0 Å². The van der Waals surface area contributed by atoms with Crippen molar-refractivity contribution in [3.8, 4) is 0 Å². The van der Waals surface area contributed by atoms with Crippen molar-refractivity contribution in [2.75, 3.05) is 31.6 Å². The maximum absolute atomic E-state index is 4.29. The van der Waals surface area contributed by atoms with E-state index >= 15 is 0 Å². The number of benzene rings is 1. The standard InChI is InChI=1S/C19H30N4.HI/c1-16(2)8-7-11-21-19(20-3)22-15-17-9-6-10-18(14-17)23-12-4-5-13-23;/h4-6,9-10,14,16H,7-8,11-13,15H2,1-3H3,(H2,20,21,22);1H. The highest BCUT2D eigenvalue weighted by Gasteiger charge is 2.08. The monoisotopic (exact) mass is 442 g/mol. The van der Waals surface area contributed by atoms with Crippen LogP contribution in [0.15, 0.2) is 41.4 Å². The van der Waals surface area contributed by atoms with Gasteiger partial charge in [0.2, 0.25) is 0 Å². The SMILES string of the molecule is CN=C(NCCCC(C)C)NCc1cccc(N2CC=CC2)c1.I. The van der Waals surface area contributed by atoms with Crippen LogP contribution in [0, 0.1) is 5.92 Å². The van der Waals surface area contributed by atoms with E-state index < -0.39 is 0 Å². The highest BCUT2D eigenvalue weighted by atomic mass is 127. The smallest absolute Gasteiger partial charge is 0.191 e. The van der Waals surface area contributed by atoms with Gasteiger partial charge in [-0.25, -0.2) is 0 Å². The summed E-state index contributed by atoms with van der Waals surface area (Å²) >= 11 is 0. The van der Waals surface area contributed by atoms with Gasteiger partial charge in [0.15, 0.2) is 5.96 Å². The fourth-order valence-corrected chi connectivity index (χ4v) is 2.68. The molecular weight excluding hydrogens is 411 g/mol. The minimum absolute atomic E-state index is 0. The first kappa shape index (κ1) is 20.8. The predicted octanol–water partition coefficient (Wildman–Crippen LogP) is 3.78. The minimum atomic E-state index is 0. The van der Waals surface area contributed by atoms with Crippen molar-refractivity contribution in [2.24, 2.45) is 10.9 Å². The molecule has 5 heteroatoms. The molecule has 0 aromatic heterocycles. The molecule has 0 amide bonds. The minimum Gasteiger partial charge on any atom is -0.364 e. The van der Waals surface area contributed by atoms with Gasteiger partial charge in [-0.05, 0) is 36.5 Å². The van der Waals surface area contributed by atoms with E-state index in [1.807, 2.05) is 7.05 Å². The van der Waals surface area contributed by atoms with Crippen LogP contribution in [-0.2, 0) is 6.54 Å². The van der Waals surface area contributed by atoms with Crippen molar-refractivity contribution < 1.29 is 0 Å². The first-order valence-electron chi connectivity index (χ1n) is 8.62. The molecular formula is C19H31IN4. The zero-order valence-electron chi connectivity index (χ0n) is 15.1. The van der Waals surface area contributed by atoms with E-state index in [0.717, 1.165) is 38.1 Å². The Hall–Kier alpha value is -1.24. The summed E-state index contributed by atoms with van der Waals surface area (Å²) in [6.45, 7) is 8.30. The molecule has 1 heterocycles. The van der Waals surface area contributed by atoms with Gasteiger partial charge >= 0.3 is 0 Å². The van der Waals surface area contributed by atoms with Crippen LogP contribution in [0.4, 0.5) is 5.69 Å². The number of anilines is 1. The average Bonchev–Trinajstić information content (AvgIpc) is 3.09. The lowest BCUT2D eigenvalue weighted by molar-refractivity contribution is 0.549. The Morgan fingerprint density at radius 1 is 1.21 bits per heavy atom. The molecule has 0 radical (unpaired) electrons. The highest BCUT2D eigenvalue weighted by molar-refractivity contribution is 14.0. The van der Waals surface area contributed by atoms with E-state index in [1.165, 1.54) is 24.1 Å². The maximum Gasteiger partial charge on any atom is 0.191 e. The van der Waals surface area contributed by atoms with Crippen LogP contribution in [0.2, 0.25) is 0 Å². The Labute approximate surface area is 163 Å². The van der Waals surface area contributed by atoms with Crippen LogP contribution in [0.5, 0.6) is 0 Å². The van der Waals surface area contributed by atoms with Crippen molar-refractivity contribution in [1.29, 1.82) is 0 Å². The van der Waals surface area contributed by atoms with Crippen LogP contribution >= 0.6 is 24.0 Å². The fraction of sp³-hybridized carbons (Fsp3) is 0.526. The van der Waals surface area contributed by atoms with E-state index in [2.05, 4.69) is 70.8 Å². The molecule has 2 rings (SSSR count). The number of hydrogen-bond acceptors (Lipinski definition) is 2. The van der Waals surface area contributed by atoms with Gasteiger partial charge in [-0.3, -0.25) is 4.99 Å². The van der Waals surface area contributed by atoms with Crippen molar-refractivity contribution in [1.82, 2.24) is 10.6 Å². The second-order valence-electron chi connectivity index (χ2n) is 6.43. The van der Waals surface area contributed by atoms with E-state index in [9.17, 15) is 0 Å². The summed E-state index contributed by atoms with van der Waals surface area (Å²) in [4.78, 5) is 6.66. The summed E-state index contributed by atoms with van der Waals surface area (Å²) < 4.78 is 0. The van der Waals surface area contributed by atoms with Gasteiger partial charge in [0, 0.05) is 38.9 Å². The number of nitrogens with one attached hydrogen (secondary N) is 2. The van der Waals surface area contributed by atoms with Gasteiger partial charge in [-0.2, -0.15) is 0 Å². The predicted molar refractivity (Wildman–Crippen MR) is 115 cm³/mol. The molecule has 1 aliphatic heterocycles. The summed E-state index contributed by atoms with van der Waals surface area (Å²) in [7, 11) is 1.82.